The molecular formula is C21H32N2O2. The number of hydrogen-bond donors (Lipinski definition) is 2. The Kier molecular flexibility index (Phi) is 6.49. The van der Waals surface area contributed by atoms with E-state index in [1.807, 2.05) is 6.07 Å². The zero-order chi connectivity index (χ0) is 17.5. The van der Waals surface area contributed by atoms with Gasteiger partial charge in [-0.3, -0.25) is 9.69 Å². The number of carbonyl (C=O) groups excluding carboxylic acids is 1. The smallest absolute Gasteiger partial charge is 0.227 e. The average Bonchev–Trinajstić information content (AvgIpc) is 3.05. The van der Waals surface area contributed by atoms with E-state index in [0.717, 1.165) is 32.6 Å². The first kappa shape index (κ1) is 18.4. The standard InChI is InChI=1S/C21H32N2O2/c24-14-12-21(20(25)22-15-18-7-3-1-4-8-18)11-13-23(17-21)16-19-9-5-2-6-10-19/h2,5-6,9-10,18,24H,1,3-4,7-8,11-17H2,(H,22,25). The van der Waals surface area contributed by atoms with Crippen LogP contribution in [0.3, 0.4) is 0 Å². The van der Waals surface area contributed by atoms with Crippen molar-refractivity contribution < 1.29 is 9.90 Å². The lowest BCUT2D eigenvalue weighted by atomic mass is 9.82. The molecular weight excluding hydrogens is 312 g/mol. The van der Waals surface area contributed by atoms with Crippen molar-refractivity contribution in [2.75, 3.05) is 26.2 Å². The Bertz CT molecular complexity index is 542. The van der Waals surface area contributed by atoms with E-state index >= 15 is 0 Å². The third-order valence-electron chi connectivity index (χ3n) is 6.03. The number of rotatable bonds is 7. The minimum atomic E-state index is -0.418. The van der Waals surface area contributed by atoms with Crippen molar-refractivity contribution in [2.45, 2.75) is 51.5 Å². The summed E-state index contributed by atoms with van der Waals surface area (Å²) < 4.78 is 0. The molecule has 0 aromatic heterocycles. The number of amides is 1. The van der Waals surface area contributed by atoms with Gasteiger partial charge in [0.2, 0.25) is 5.91 Å². The first-order valence-electron chi connectivity index (χ1n) is 9.87. The van der Waals surface area contributed by atoms with Gasteiger partial charge in [0.25, 0.3) is 0 Å². The van der Waals surface area contributed by atoms with Crippen molar-refractivity contribution in [2.24, 2.45) is 11.3 Å². The monoisotopic (exact) mass is 344 g/mol. The highest BCUT2D eigenvalue weighted by molar-refractivity contribution is 5.83. The van der Waals surface area contributed by atoms with Crippen LogP contribution < -0.4 is 5.32 Å². The molecule has 3 rings (SSSR count). The van der Waals surface area contributed by atoms with Crippen molar-refractivity contribution in [1.82, 2.24) is 10.2 Å². The molecule has 138 valence electrons. The first-order chi connectivity index (χ1) is 12.2. The van der Waals surface area contributed by atoms with Gasteiger partial charge in [-0.25, -0.2) is 0 Å². The van der Waals surface area contributed by atoms with Crippen LogP contribution in [0.5, 0.6) is 0 Å². The molecule has 1 heterocycles. The maximum atomic E-state index is 12.9. The van der Waals surface area contributed by atoms with Crippen LogP contribution in [0.4, 0.5) is 0 Å². The lowest BCUT2D eigenvalue weighted by Gasteiger charge is -2.29. The largest absolute Gasteiger partial charge is 0.396 e. The van der Waals surface area contributed by atoms with Gasteiger partial charge < -0.3 is 10.4 Å². The number of aliphatic hydroxyl groups excluding tert-OH is 1. The summed E-state index contributed by atoms with van der Waals surface area (Å²) in [6.07, 6.45) is 7.83. The van der Waals surface area contributed by atoms with Crippen molar-refractivity contribution in [3.05, 3.63) is 35.9 Å². The fourth-order valence-electron chi connectivity index (χ4n) is 4.47. The number of likely N-dealkylation sites (tertiary alicyclic amines) is 1. The highest BCUT2D eigenvalue weighted by atomic mass is 16.3. The molecule has 1 aromatic carbocycles. The van der Waals surface area contributed by atoms with Gasteiger partial charge >= 0.3 is 0 Å². The van der Waals surface area contributed by atoms with Crippen molar-refractivity contribution >= 4 is 5.91 Å². The summed E-state index contributed by atoms with van der Waals surface area (Å²) in [6, 6.07) is 10.4. The number of hydrogen-bond acceptors (Lipinski definition) is 3. The second kappa shape index (κ2) is 8.81. The number of carbonyl (C=O) groups is 1. The van der Waals surface area contributed by atoms with Crippen LogP contribution in [0.15, 0.2) is 30.3 Å². The normalized spacial score (nSPS) is 25.2. The van der Waals surface area contributed by atoms with E-state index in [1.165, 1.54) is 37.7 Å². The number of nitrogens with one attached hydrogen (secondary N) is 1. The van der Waals surface area contributed by atoms with E-state index in [-0.39, 0.29) is 12.5 Å². The lowest BCUT2D eigenvalue weighted by Crippen LogP contribution is -2.45. The Balaban J connectivity index is 1.56. The Morgan fingerprint density at radius 1 is 1.20 bits per heavy atom. The van der Waals surface area contributed by atoms with Crippen LogP contribution in [0.1, 0.15) is 50.5 Å². The van der Waals surface area contributed by atoms with Crippen LogP contribution in [-0.4, -0.2) is 42.2 Å². The molecule has 4 heteroatoms. The number of aliphatic hydroxyl groups is 1. The predicted octanol–water partition coefficient (Wildman–Crippen LogP) is 2.96. The molecule has 0 radical (unpaired) electrons. The van der Waals surface area contributed by atoms with E-state index in [4.69, 9.17) is 0 Å². The molecule has 1 amide bonds. The summed E-state index contributed by atoms with van der Waals surface area (Å²) >= 11 is 0. The van der Waals surface area contributed by atoms with Gasteiger partial charge in [-0.1, -0.05) is 49.6 Å². The van der Waals surface area contributed by atoms with Crippen molar-refractivity contribution in [3.63, 3.8) is 0 Å². The molecule has 1 atom stereocenters. The molecule has 2 fully saturated rings. The zero-order valence-electron chi connectivity index (χ0n) is 15.3. The Morgan fingerprint density at radius 2 is 1.96 bits per heavy atom. The van der Waals surface area contributed by atoms with E-state index in [9.17, 15) is 9.90 Å². The molecule has 1 saturated carbocycles. The molecule has 4 nitrogen and oxygen atoms in total. The Morgan fingerprint density at radius 3 is 2.68 bits per heavy atom. The molecule has 2 N–H and O–H groups in total. The molecule has 1 aliphatic carbocycles. The molecule has 1 aliphatic heterocycles. The van der Waals surface area contributed by atoms with Gasteiger partial charge in [-0.2, -0.15) is 0 Å². The zero-order valence-corrected chi connectivity index (χ0v) is 15.3. The summed E-state index contributed by atoms with van der Waals surface area (Å²) in [5.41, 5.74) is 0.864. The summed E-state index contributed by atoms with van der Waals surface area (Å²) in [7, 11) is 0. The molecule has 25 heavy (non-hydrogen) atoms. The summed E-state index contributed by atoms with van der Waals surface area (Å²) in [4.78, 5) is 15.3. The summed E-state index contributed by atoms with van der Waals surface area (Å²) in [5, 5.41) is 12.8. The van der Waals surface area contributed by atoms with E-state index in [1.54, 1.807) is 0 Å². The van der Waals surface area contributed by atoms with Crippen molar-refractivity contribution in [3.8, 4) is 0 Å². The van der Waals surface area contributed by atoms with E-state index < -0.39 is 5.41 Å². The highest BCUT2D eigenvalue weighted by Gasteiger charge is 2.43. The Hall–Kier alpha value is -1.39. The minimum absolute atomic E-state index is 0.0794. The maximum Gasteiger partial charge on any atom is 0.227 e. The van der Waals surface area contributed by atoms with Crippen LogP contribution in [0.25, 0.3) is 0 Å². The first-order valence-corrected chi connectivity index (χ1v) is 9.87. The third-order valence-corrected chi connectivity index (χ3v) is 6.03. The number of nitrogens with zero attached hydrogens (tertiary/aromatic N) is 1. The fraction of sp³-hybridized carbons (Fsp3) is 0.667. The van der Waals surface area contributed by atoms with E-state index in [2.05, 4.69) is 34.5 Å². The lowest BCUT2D eigenvalue weighted by molar-refractivity contribution is -0.131. The van der Waals surface area contributed by atoms with Gasteiger partial charge in [0, 0.05) is 26.2 Å². The third kappa shape index (κ3) is 4.83. The van der Waals surface area contributed by atoms with Crippen LogP contribution in [0, 0.1) is 11.3 Å². The summed E-state index contributed by atoms with van der Waals surface area (Å²) in [6.45, 7) is 3.44. The molecule has 1 aromatic rings. The van der Waals surface area contributed by atoms with Gasteiger partial charge in [0.15, 0.2) is 0 Å². The second-order valence-electron chi connectivity index (χ2n) is 7.91. The quantitative estimate of drug-likeness (QED) is 0.799. The highest BCUT2D eigenvalue weighted by Crippen LogP contribution is 2.35. The van der Waals surface area contributed by atoms with E-state index in [0.29, 0.717) is 12.3 Å². The fourth-order valence-corrected chi connectivity index (χ4v) is 4.47. The van der Waals surface area contributed by atoms with Gasteiger partial charge in [-0.15, -0.1) is 0 Å². The van der Waals surface area contributed by atoms with Crippen LogP contribution in [0.2, 0.25) is 0 Å². The minimum Gasteiger partial charge on any atom is -0.396 e. The number of benzene rings is 1. The molecule has 1 saturated heterocycles. The summed E-state index contributed by atoms with van der Waals surface area (Å²) in [5.74, 6) is 0.799. The van der Waals surface area contributed by atoms with Crippen LogP contribution in [-0.2, 0) is 11.3 Å². The molecule has 1 unspecified atom stereocenters. The average molecular weight is 344 g/mol. The SMILES string of the molecule is O=C(NCC1CCCCC1)C1(CCO)CCN(Cc2ccccc2)C1. The van der Waals surface area contributed by atoms with Gasteiger partial charge in [0.05, 0.1) is 5.41 Å². The van der Waals surface area contributed by atoms with Gasteiger partial charge in [-0.05, 0) is 43.7 Å². The molecule has 2 aliphatic rings. The van der Waals surface area contributed by atoms with Crippen molar-refractivity contribution in [1.29, 1.82) is 0 Å². The predicted molar refractivity (Wildman–Crippen MR) is 100 cm³/mol. The maximum absolute atomic E-state index is 12.9. The topological polar surface area (TPSA) is 52.6 Å². The molecule has 0 bridgehead atoms. The van der Waals surface area contributed by atoms with Crippen LogP contribution >= 0.6 is 0 Å². The Labute approximate surface area is 151 Å². The molecule has 0 spiro atoms. The second-order valence-corrected chi connectivity index (χ2v) is 7.91. The van der Waals surface area contributed by atoms with Gasteiger partial charge in [0.1, 0.15) is 0 Å².